The number of nitriles is 1. The highest BCUT2D eigenvalue weighted by Crippen LogP contribution is 2.15. The molecule has 0 fully saturated rings. The fourth-order valence-electron chi connectivity index (χ4n) is 2.35. The number of hydrogen-bond acceptors (Lipinski definition) is 5. The predicted octanol–water partition coefficient (Wildman–Crippen LogP) is 1.51. The lowest BCUT2D eigenvalue weighted by molar-refractivity contribution is 0.555. The summed E-state index contributed by atoms with van der Waals surface area (Å²) in [6.45, 7) is 0.155. The summed E-state index contributed by atoms with van der Waals surface area (Å²) in [5.41, 5.74) is 1.93. The van der Waals surface area contributed by atoms with Gasteiger partial charge in [-0.2, -0.15) is 5.26 Å². The maximum atomic E-state index is 12.3. The molecule has 3 rings (SSSR count). The average Bonchev–Trinajstić information content (AvgIpc) is 2.94. The van der Waals surface area contributed by atoms with Gasteiger partial charge in [0, 0.05) is 6.54 Å². The average molecular weight is 343 g/mol. The Morgan fingerprint density at radius 3 is 2.79 bits per heavy atom. The fraction of sp³-hybridized carbons (Fsp3) is 0.125. The summed E-state index contributed by atoms with van der Waals surface area (Å²) in [6.07, 6.45) is 0.415. The van der Waals surface area contributed by atoms with E-state index in [-0.39, 0.29) is 17.0 Å². The standard InChI is InChI=1S/C16H13N3O4S/c17-10-12-3-1-2-4-15(12)24(21,22)18-8-7-11-5-6-13-14(9-11)23-16(20)19-13/h1-6,9,18H,7-8H2,(H,19,20). The van der Waals surface area contributed by atoms with Crippen LogP contribution in [0.25, 0.3) is 11.1 Å². The minimum absolute atomic E-state index is 0.0421. The molecule has 24 heavy (non-hydrogen) atoms. The second-order valence-electron chi connectivity index (χ2n) is 5.10. The Bertz CT molecular complexity index is 1090. The molecule has 0 amide bonds. The zero-order valence-electron chi connectivity index (χ0n) is 12.4. The highest BCUT2D eigenvalue weighted by atomic mass is 32.2. The van der Waals surface area contributed by atoms with Crippen molar-refractivity contribution in [1.82, 2.24) is 9.71 Å². The van der Waals surface area contributed by atoms with E-state index in [4.69, 9.17) is 9.68 Å². The van der Waals surface area contributed by atoms with Crippen LogP contribution in [0.4, 0.5) is 0 Å². The number of oxazole rings is 1. The van der Waals surface area contributed by atoms with E-state index in [1.54, 1.807) is 30.3 Å². The zero-order chi connectivity index (χ0) is 17.2. The van der Waals surface area contributed by atoms with Crippen molar-refractivity contribution in [1.29, 1.82) is 5.26 Å². The number of H-pyrrole nitrogens is 1. The van der Waals surface area contributed by atoms with Crippen LogP contribution < -0.4 is 10.5 Å². The van der Waals surface area contributed by atoms with Gasteiger partial charge in [0.15, 0.2) is 5.58 Å². The first-order valence-electron chi connectivity index (χ1n) is 7.10. The van der Waals surface area contributed by atoms with E-state index in [0.717, 1.165) is 5.56 Å². The normalized spacial score (nSPS) is 11.5. The molecule has 0 unspecified atom stereocenters. The Morgan fingerprint density at radius 1 is 1.21 bits per heavy atom. The van der Waals surface area contributed by atoms with Gasteiger partial charge in [-0.1, -0.05) is 18.2 Å². The van der Waals surface area contributed by atoms with Gasteiger partial charge in [-0.05, 0) is 36.2 Å². The van der Waals surface area contributed by atoms with Crippen molar-refractivity contribution in [2.75, 3.05) is 6.54 Å². The monoisotopic (exact) mass is 343 g/mol. The number of aromatic amines is 1. The number of hydrogen-bond donors (Lipinski definition) is 2. The Hall–Kier alpha value is -2.89. The van der Waals surface area contributed by atoms with Crippen molar-refractivity contribution in [3.05, 3.63) is 64.1 Å². The van der Waals surface area contributed by atoms with E-state index in [0.29, 0.717) is 17.5 Å². The SMILES string of the molecule is N#Cc1ccccc1S(=O)(=O)NCCc1ccc2[nH]c(=O)oc2c1. The van der Waals surface area contributed by atoms with E-state index < -0.39 is 15.8 Å². The topological polar surface area (TPSA) is 116 Å². The number of nitrogens with zero attached hydrogens (tertiary/aromatic N) is 1. The largest absolute Gasteiger partial charge is 0.417 e. The molecule has 2 N–H and O–H groups in total. The summed E-state index contributed by atoms with van der Waals surface area (Å²) in [5, 5.41) is 9.01. The van der Waals surface area contributed by atoms with Crippen molar-refractivity contribution < 1.29 is 12.8 Å². The molecule has 7 nitrogen and oxygen atoms in total. The van der Waals surface area contributed by atoms with Crippen LogP contribution in [0.3, 0.4) is 0 Å². The molecule has 0 radical (unpaired) electrons. The smallest absolute Gasteiger partial charge is 0.408 e. The van der Waals surface area contributed by atoms with Gasteiger partial charge in [0.25, 0.3) is 0 Å². The first-order chi connectivity index (χ1) is 11.5. The van der Waals surface area contributed by atoms with Gasteiger partial charge in [0.05, 0.1) is 16.0 Å². The molecule has 1 heterocycles. The summed E-state index contributed by atoms with van der Waals surface area (Å²) in [6, 6.07) is 13.1. The molecular weight excluding hydrogens is 330 g/mol. The van der Waals surface area contributed by atoms with E-state index in [2.05, 4.69) is 9.71 Å². The quantitative estimate of drug-likeness (QED) is 0.728. The molecule has 122 valence electrons. The van der Waals surface area contributed by atoms with Crippen LogP contribution in [0.2, 0.25) is 0 Å². The third-order valence-electron chi connectivity index (χ3n) is 3.49. The second kappa shape index (κ2) is 6.31. The van der Waals surface area contributed by atoms with Crippen LogP contribution in [-0.2, 0) is 16.4 Å². The van der Waals surface area contributed by atoms with E-state index >= 15 is 0 Å². The summed E-state index contributed by atoms with van der Waals surface area (Å²) in [7, 11) is -3.76. The maximum absolute atomic E-state index is 12.3. The van der Waals surface area contributed by atoms with Crippen molar-refractivity contribution in [3.63, 3.8) is 0 Å². The van der Waals surface area contributed by atoms with Crippen molar-refractivity contribution in [3.8, 4) is 6.07 Å². The van der Waals surface area contributed by atoms with E-state index in [1.807, 2.05) is 6.07 Å². The second-order valence-corrected chi connectivity index (χ2v) is 6.84. The third kappa shape index (κ3) is 3.22. The summed E-state index contributed by atoms with van der Waals surface area (Å²) in [5.74, 6) is -0.532. The Balaban J connectivity index is 1.72. The molecule has 2 aromatic carbocycles. The minimum Gasteiger partial charge on any atom is -0.408 e. The van der Waals surface area contributed by atoms with Crippen molar-refractivity contribution in [2.45, 2.75) is 11.3 Å². The fourth-order valence-corrected chi connectivity index (χ4v) is 3.53. The number of benzene rings is 2. The van der Waals surface area contributed by atoms with Crippen LogP contribution in [0.1, 0.15) is 11.1 Å². The lowest BCUT2D eigenvalue weighted by atomic mass is 10.1. The molecule has 0 saturated carbocycles. The molecular formula is C16H13N3O4S. The van der Waals surface area contributed by atoms with Gasteiger partial charge in [-0.25, -0.2) is 17.9 Å². The highest BCUT2D eigenvalue weighted by molar-refractivity contribution is 7.89. The van der Waals surface area contributed by atoms with E-state index in [9.17, 15) is 13.2 Å². The molecule has 0 saturated heterocycles. The van der Waals surface area contributed by atoms with Gasteiger partial charge < -0.3 is 4.42 Å². The molecule has 0 aliphatic rings. The molecule has 0 bridgehead atoms. The van der Waals surface area contributed by atoms with Gasteiger partial charge in [-0.15, -0.1) is 0 Å². The predicted molar refractivity (Wildman–Crippen MR) is 86.9 cm³/mol. The summed E-state index contributed by atoms with van der Waals surface area (Å²) < 4.78 is 32.0. The van der Waals surface area contributed by atoms with Crippen molar-refractivity contribution >= 4 is 21.1 Å². The lowest BCUT2D eigenvalue weighted by Gasteiger charge is -2.08. The first kappa shape index (κ1) is 16.0. The zero-order valence-corrected chi connectivity index (χ0v) is 13.3. The first-order valence-corrected chi connectivity index (χ1v) is 8.58. The molecule has 0 spiro atoms. The number of aromatic nitrogens is 1. The number of fused-ring (bicyclic) bond motifs is 1. The highest BCUT2D eigenvalue weighted by Gasteiger charge is 2.17. The van der Waals surface area contributed by atoms with Crippen LogP contribution >= 0.6 is 0 Å². The summed E-state index contributed by atoms with van der Waals surface area (Å²) in [4.78, 5) is 13.6. The molecule has 8 heteroatoms. The molecule has 1 aromatic heterocycles. The molecule has 0 aliphatic heterocycles. The number of nitrogens with one attached hydrogen (secondary N) is 2. The van der Waals surface area contributed by atoms with Crippen LogP contribution in [0.5, 0.6) is 0 Å². The third-order valence-corrected chi connectivity index (χ3v) is 5.01. The van der Waals surface area contributed by atoms with Gasteiger partial charge in [-0.3, -0.25) is 4.98 Å². The van der Waals surface area contributed by atoms with Gasteiger partial charge in [0.1, 0.15) is 6.07 Å². The van der Waals surface area contributed by atoms with Gasteiger partial charge in [0.2, 0.25) is 10.0 Å². The molecule has 0 atom stereocenters. The van der Waals surface area contributed by atoms with Crippen molar-refractivity contribution in [2.24, 2.45) is 0 Å². The molecule has 3 aromatic rings. The number of rotatable bonds is 5. The Labute approximate surface area is 137 Å². The minimum atomic E-state index is -3.76. The summed E-state index contributed by atoms with van der Waals surface area (Å²) >= 11 is 0. The Kier molecular flexibility index (Phi) is 4.20. The van der Waals surface area contributed by atoms with Gasteiger partial charge >= 0.3 is 5.76 Å². The van der Waals surface area contributed by atoms with Crippen LogP contribution in [0, 0.1) is 11.3 Å². The lowest BCUT2D eigenvalue weighted by Crippen LogP contribution is -2.26. The molecule has 0 aliphatic carbocycles. The van der Waals surface area contributed by atoms with Crippen LogP contribution in [-0.4, -0.2) is 19.9 Å². The Morgan fingerprint density at radius 2 is 2.00 bits per heavy atom. The number of sulfonamides is 1. The van der Waals surface area contributed by atoms with E-state index in [1.165, 1.54) is 12.1 Å². The maximum Gasteiger partial charge on any atom is 0.417 e. The van der Waals surface area contributed by atoms with Crippen LogP contribution in [0.15, 0.2) is 56.6 Å².